The Morgan fingerprint density at radius 1 is 1.08 bits per heavy atom. The van der Waals surface area contributed by atoms with E-state index in [9.17, 15) is 4.79 Å². The van der Waals surface area contributed by atoms with Crippen molar-refractivity contribution in [3.05, 3.63) is 58.2 Å². The number of carbonyl (C=O) groups excluding carboxylic acids is 1. The second-order valence-electron chi connectivity index (χ2n) is 5.31. The average molecular weight is 376 g/mol. The molecule has 24 heavy (non-hydrogen) atoms. The summed E-state index contributed by atoms with van der Waals surface area (Å²) in [6, 6.07) is 10.9. The number of Topliss-reactive ketones (excluding diaryl/α,β-unsaturated/α-hetero) is 1. The van der Waals surface area contributed by atoms with Crippen LogP contribution in [0.5, 0.6) is 0 Å². The Balaban J connectivity index is 1.54. The van der Waals surface area contributed by atoms with Gasteiger partial charge in [0.15, 0.2) is 10.9 Å². The Kier molecular flexibility index (Phi) is 4.00. The van der Waals surface area contributed by atoms with Crippen LogP contribution in [0.4, 0.5) is 0 Å². The third kappa shape index (κ3) is 2.90. The summed E-state index contributed by atoms with van der Waals surface area (Å²) in [5.41, 5.74) is 3.21. The van der Waals surface area contributed by atoms with E-state index in [0.29, 0.717) is 26.5 Å². The van der Waals surface area contributed by atoms with Crippen LogP contribution in [0.25, 0.3) is 21.9 Å². The van der Waals surface area contributed by atoms with Gasteiger partial charge in [-0.15, -0.1) is 0 Å². The van der Waals surface area contributed by atoms with Gasteiger partial charge >= 0.3 is 0 Å². The van der Waals surface area contributed by atoms with Gasteiger partial charge < -0.3 is 9.97 Å². The summed E-state index contributed by atoms with van der Waals surface area (Å²) in [6.45, 7) is 0. The van der Waals surface area contributed by atoms with Crippen molar-refractivity contribution in [2.24, 2.45) is 0 Å². The van der Waals surface area contributed by atoms with Crippen LogP contribution in [0.3, 0.4) is 0 Å². The molecule has 0 aliphatic heterocycles. The molecule has 2 N–H and O–H groups in total. The lowest BCUT2D eigenvalue weighted by Crippen LogP contribution is -2.01. The molecule has 0 bridgehead atoms. The van der Waals surface area contributed by atoms with E-state index >= 15 is 0 Å². The number of fused-ring (bicyclic) bond motifs is 2. The smallest absolute Gasteiger partial charge is 0.175 e. The lowest BCUT2D eigenvalue weighted by atomic mass is 10.1. The number of hydrogen-bond donors (Lipinski definition) is 2. The van der Waals surface area contributed by atoms with Crippen molar-refractivity contribution in [3.63, 3.8) is 0 Å². The van der Waals surface area contributed by atoms with Crippen molar-refractivity contribution in [1.82, 2.24) is 15.0 Å². The molecule has 0 fully saturated rings. The molecule has 0 amide bonds. The van der Waals surface area contributed by atoms with Crippen LogP contribution in [-0.2, 0) is 0 Å². The Hall–Kier alpha value is -1.95. The molecular formula is C17H11Cl2N3OS. The van der Waals surface area contributed by atoms with Gasteiger partial charge in [-0.2, -0.15) is 0 Å². The first-order valence-corrected chi connectivity index (χ1v) is 8.92. The van der Waals surface area contributed by atoms with E-state index in [0.717, 1.165) is 21.9 Å². The molecule has 4 aromatic rings. The zero-order valence-electron chi connectivity index (χ0n) is 12.3. The quantitative estimate of drug-likeness (QED) is 0.374. The topological polar surface area (TPSA) is 61.5 Å². The number of H-pyrrole nitrogens is 2. The maximum Gasteiger partial charge on any atom is 0.175 e. The van der Waals surface area contributed by atoms with E-state index in [1.165, 1.54) is 11.8 Å². The van der Waals surface area contributed by atoms with Gasteiger partial charge in [0.1, 0.15) is 0 Å². The number of aromatic nitrogens is 3. The van der Waals surface area contributed by atoms with Gasteiger partial charge in [0.05, 0.1) is 16.8 Å². The summed E-state index contributed by atoms with van der Waals surface area (Å²) >= 11 is 13.3. The van der Waals surface area contributed by atoms with Crippen molar-refractivity contribution >= 4 is 62.7 Å². The molecule has 2 aromatic carbocycles. The number of nitrogens with zero attached hydrogens (tertiary/aromatic N) is 1. The number of nitrogens with one attached hydrogen (secondary N) is 2. The standard InChI is InChI=1S/C17H11Cl2N3OS/c18-9-1-3-11-12(7-20-14(11)5-9)16(23)8-24-17-21-13-4-2-10(19)6-15(13)22-17/h1-7,20H,8H2,(H,21,22). The van der Waals surface area contributed by atoms with Crippen molar-refractivity contribution in [3.8, 4) is 0 Å². The van der Waals surface area contributed by atoms with E-state index in [4.69, 9.17) is 23.2 Å². The van der Waals surface area contributed by atoms with Crippen LogP contribution in [0, 0.1) is 0 Å². The third-order valence-corrected chi connectivity index (χ3v) is 5.05. The Morgan fingerprint density at radius 3 is 2.75 bits per heavy atom. The normalized spacial score (nSPS) is 11.4. The molecule has 0 unspecified atom stereocenters. The summed E-state index contributed by atoms with van der Waals surface area (Å²) in [6.07, 6.45) is 1.72. The number of imidazole rings is 1. The molecule has 0 saturated heterocycles. The summed E-state index contributed by atoms with van der Waals surface area (Å²) in [5.74, 6) is 0.329. The maximum absolute atomic E-state index is 12.5. The van der Waals surface area contributed by atoms with E-state index in [1.807, 2.05) is 18.2 Å². The van der Waals surface area contributed by atoms with Gasteiger partial charge in [0.25, 0.3) is 0 Å². The predicted molar refractivity (Wildman–Crippen MR) is 99.5 cm³/mol. The monoisotopic (exact) mass is 375 g/mol. The van der Waals surface area contributed by atoms with E-state index in [2.05, 4.69) is 15.0 Å². The minimum Gasteiger partial charge on any atom is -0.360 e. The second kappa shape index (κ2) is 6.16. The second-order valence-corrected chi connectivity index (χ2v) is 7.14. The largest absolute Gasteiger partial charge is 0.360 e. The first kappa shape index (κ1) is 15.6. The number of rotatable bonds is 4. The predicted octanol–water partition coefficient (Wildman–Crippen LogP) is 5.33. The molecule has 2 heterocycles. The number of aromatic amines is 2. The minimum absolute atomic E-state index is 0.0343. The molecule has 0 saturated carbocycles. The molecule has 0 spiro atoms. The molecule has 120 valence electrons. The number of ketones is 1. The number of thioether (sulfide) groups is 1. The Labute approximate surface area is 151 Å². The van der Waals surface area contributed by atoms with Crippen LogP contribution < -0.4 is 0 Å². The molecule has 0 aliphatic rings. The molecule has 4 nitrogen and oxygen atoms in total. The first-order valence-electron chi connectivity index (χ1n) is 7.18. The molecular weight excluding hydrogens is 365 g/mol. The lowest BCUT2D eigenvalue weighted by Gasteiger charge is -1.98. The fourth-order valence-corrected chi connectivity index (χ4v) is 3.67. The van der Waals surface area contributed by atoms with E-state index in [1.54, 1.807) is 24.4 Å². The maximum atomic E-state index is 12.5. The number of hydrogen-bond acceptors (Lipinski definition) is 3. The highest BCUT2D eigenvalue weighted by molar-refractivity contribution is 7.99. The van der Waals surface area contributed by atoms with Gasteiger partial charge in [-0.25, -0.2) is 4.98 Å². The summed E-state index contributed by atoms with van der Waals surface area (Å²) in [4.78, 5) is 23.2. The van der Waals surface area contributed by atoms with Crippen LogP contribution in [-0.4, -0.2) is 26.5 Å². The first-order chi connectivity index (χ1) is 11.6. The summed E-state index contributed by atoms with van der Waals surface area (Å²) in [5, 5.41) is 2.85. The number of carbonyl (C=O) groups is 1. The van der Waals surface area contributed by atoms with Gasteiger partial charge in [0.2, 0.25) is 0 Å². The highest BCUT2D eigenvalue weighted by Gasteiger charge is 2.14. The zero-order chi connectivity index (χ0) is 16.7. The van der Waals surface area contributed by atoms with E-state index in [-0.39, 0.29) is 5.78 Å². The Bertz CT molecular complexity index is 1070. The van der Waals surface area contributed by atoms with Crippen molar-refractivity contribution in [2.75, 3.05) is 5.75 Å². The highest BCUT2D eigenvalue weighted by atomic mass is 35.5. The van der Waals surface area contributed by atoms with Gasteiger partial charge in [0, 0.05) is 32.7 Å². The van der Waals surface area contributed by atoms with Crippen molar-refractivity contribution in [1.29, 1.82) is 0 Å². The fraction of sp³-hybridized carbons (Fsp3) is 0.0588. The molecule has 0 aliphatic carbocycles. The van der Waals surface area contributed by atoms with E-state index < -0.39 is 0 Å². The van der Waals surface area contributed by atoms with Crippen molar-refractivity contribution in [2.45, 2.75) is 5.16 Å². The van der Waals surface area contributed by atoms with Gasteiger partial charge in [-0.05, 0) is 30.3 Å². The molecule has 0 radical (unpaired) electrons. The minimum atomic E-state index is 0.0343. The fourth-order valence-electron chi connectivity index (χ4n) is 2.56. The third-order valence-electron chi connectivity index (χ3n) is 3.71. The SMILES string of the molecule is O=C(CSc1nc2cc(Cl)ccc2[nH]1)c1c[nH]c2cc(Cl)ccc12. The molecule has 7 heteroatoms. The van der Waals surface area contributed by atoms with Crippen molar-refractivity contribution < 1.29 is 4.79 Å². The molecule has 2 aromatic heterocycles. The van der Waals surface area contributed by atoms with Crippen LogP contribution >= 0.6 is 35.0 Å². The molecule has 4 rings (SSSR count). The summed E-state index contributed by atoms with van der Waals surface area (Å²) < 4.78 is 0. The Morgan fingerprint density at radius 2 is 1.88 bits per heavy atom. The number of halogens is 2. The van der Waals surface area contributed by atoms with Crippen LogP contribution in [0.1, 0.15) is 10.4 Å². The van der Waals surface area contributed by atoms with Crippen LogP contribution in [0.15, 0.2) is 47.8 Å². The lowest BCUT2D eigenvalue weighted by molar-refractivity contribution is 0.102. The zero-order valence-corrected chi connectivity index (χ0v) is 14.6. The summed E-state index contributed by atoms with van der Waals surface area (Å²) in [7, 11) is 0. The van der Waals surface area contributed by atoms with Crippen LogP contribution in [0.2, 0.25) is 10.0 Å². The average Bonchev–Trinajstić information content (AvgIpc) is 3.15. The number of benzene rings is 2. The van der Waals surface area contributed by atoms with Gasteiger partial charge in [-0.3, -0.25) is 4.79 Å². The molecule has 0 atom stereocenters. The van der Waals surface area contributed by atoms with Gasteiger partial charge in [-0.1, -0.05) is 41.0 Å². The highest BCUT2D eigenvalue weighted by Crippen LogP contribution is 2.26.